The summed E-state index contributed by atoms with van der Waals surface area (Å²) in [6.07, 6.45) is 8.75. The average molecular weight is 308 g/mol. The molecule has 5 nitrogen and oxygen atoms in total. The minimum Gasteiger partial charge on any atom is -0.352 e. The molecule has 0 spiro atoms. The van der Waals surface area contributed by atoms with Crippen molar-refractivity contribution >= 4 is 22.5 Å². The molecule has 23 heavy (non-hydrogen) atoms. The van der Waals surface area contributed by atoms with E-state index in [0.717, 1.165) is 36.0 Å². The number of hydrogen-bond acceptors (Lipinski definition) is 4. The van der Waals surface area contributed by atoms with Crippen molar-refractivity contribution in [2.24, 2.45) is 0 Å². The van der Waals surface area contributed by atoms with Crippen molar-refractivity contribution in [2.45, 2.75) is 32.2 Å². The summed E-state index contributed by atoms with van der Waals surface area (Å²) in [5.41, 5.74) is 0.323. The lowest BCUT2D eigenvalue weighted by Gasteiger charge is -2.34. The molecular formula is C18H20N4O. The van der Waals surface area contributed by atoms with Gasteiger partial charge < -0.3 is 10.2 Å². The van der Waals surface area contributed by atoms with Crippen LogP contribution in [-0.4, -0.2) is 35.2 Å². The molecule has 3 rings (SSSR count). The van der Waals surface area contributed by atoms with E-state index in [9.17, 15) is 4.79 Å². The molecule has 1 saturated heterocycles. The van der Waals surface area contributed by atoms with E-state index in [1.807, 2.05) is 24.3 Å². The van der Waals surface area contributed by atoms with Crippen LogP contribution in [0.2, 0.25) is 0 Å². The van der Waals surface area contributed by atoms with Crippen molar-refractivity contribution in [3.63, 3.8) is 0 Å². The summed E-state index contributed by atoms with van der Waals surface area (Å²) in [6.45, 7) is 3.37. The molecule has 1 fully saturated rings. The van der Waals surface area contributed by atoms with Gasteiger partial charge in [0.25, 0.3) is 5.91 Å². The van der Waals surface area contributed by atoms with Crippen LogP contribution in [0.1, 0.15) is 36.7 Å². The third-order valence-corrected chi connectivity index (χ3v) is 4.31. The normalized spacial score (nSPS) is 17.7. The Kier molecular flexibility index (Phi) is 4.42. The second-order valence-corrected chi connectivity index (χ2v) is 5.84. The smallest absolute Gasteiger partial charge is 0.273 e. The zero-order valence-electron chi connectivity index (χ0n) is 13.2. The number of benzene rings is 1. The van der Waals surface area contributed by atoms with Crippen LogP contribution in [0, 0.1) is 12.3 Å². The fraction of sp³-hybridized carbons (Fsp3) is 0.389. The quantitative estimate of drug-likeness (QED) is 0.885. The molecular weight excluding hydrogens is 288 g/mol. The highest BCUT2D eigenvalue weighted by Crippen LogP contribution is 2.30. The molecule has 2 heterocycles. The zero-order chi connectivity index (χ0) is 16.2. The Labute approximate surface area is 136 Å². The molecule has 2 aromatic rings. The molecule has 1 aromatic carbocycles. The Balaban J connectivity index is 2.05. The molecule has 1 aromatic heterocycles. The van der Waals surface area contributed by atoms with Gasteiger partial charge in [-0.05, 0) is 26.2 Å². The summed E-state index contributed by atoms with van der Waals surface area (Å²) in [5, 5.41) is 13.0. The number of carbonyl (C=O) groups is 1. The predicted molar refractivity (Wildman–Crippen MR) is 91.4 cm³/mol. The van der Waals surface area contributed by atoms with E-state index < -0.39 is 0 Å². The van der Waals surface area contributed by atoms with E-state index in [0.29, 0.717) is 11.7 Å². The lowest BCUT2D eigenvalue weighted by molar-refractivity contribution is 0.0954. The lowest BCUT2D eigenvalue weighted by Crippen LogP contribution is -2.38. The standard InChI is InChI=1S/C18H20N4O/c1-3-11-19-18(23)16-14-9-4-5-10-15(14)17(21-20-16)22-12-7-6-8-13(22)2/h1,4-5,9-10,13H,6-8,11-12H2,2H3,(H,19,23)/t13-/m1/s1. The maximum Gasteiger partial charge on any atom is 0.273 e. The number of piperidine rings is 1. The molecule has 1 aliphatic rings. The number of carbonyl (C=O) groups excluding carboxylic acids is 1. The monoisotopic (exact) mass is 308 g/mol. The fourth-order valence-corrected chi connectivity index (χ4v) is 3.10. The van der Waals surface area contributed by atoms with Crippen molar-refractivity contribution < 1.29 is 4.79 Å². The van der Waals surface area contributed by atoms with Crippen molar-refractivity contribution in [1.29, 1.82) is 0 Å². The van der Waals surface area contributed by atoms with E-state index >= 15 is 0 Å². The number of nitrogens with one attached hydrogen (secondary N) is 1. The van der Waals surface area contributed by atoms with Crippen LogP contribution in [0.3, 0.4) is 0 Å². The van der Waals surface area contributed by atoms with Gasteiger partial charge in [0, 0.05) is 23.4 Å². The van der Waals surface area contributed by atoms with Gasteiger partial charge in [-0.25, -0.2) is 0 Å². The fourth-order valence-electron chi connectivity index (χ4n) is 3.10. The van der Waals surface area contributed by atoms with Gasteiger partial charge in [-0.1, -0.05) is 30.2 Å². The minimum absolute atomic E-state index is 0.180. The molecule has 1 amide bonds. The van der Waals surface area contributed by atoms with Gasteiger partial charge in [0.1, 0.15) is 0 Å². The van der Waals surface area contributed by atoms with Crippen LogP contribution >= 0.6 is 0 Å². The number of terminal acetylenes is 1. The molecule has 0 saturated carbocycles. The predicted octanol–water partition coefficient (Wildman–Crippen LogP) is 2.37. The Morgan fingerprint density at radius 2 is 2.13 bits per heavy atom. The summed E-state index contributed by atoms with van der Waals surface area (Å²) < 4.78 is 0. The Hall–Kier alpha value is -2.61. The molecule has 5 heteroatoms. The Morgan fingerprint density at radius 3 is 2.87 bits per heavy atom. The highest BCUT2D eigenvalue weighted by atomic mass is 16.1. The first-order valence-electron chi connectivity index (χ1n) is 7.96. The highest BCUT2D eigenvalue weighted by Gasteiger charge is 2.23. The maximum atomic E-state index is 12.2. The number of anilines is 1. The summed E-state index contributed by atoms with van der Waals surface area (Å²) in [7, 11) is 0. The molecule has 118 valence electrons. The maximum absolute atomic E-state index is 12.2. The van der Waals surface area contributed by atoms with Crippen molar-refractivity contribution in [3.05, 3.63) is 30.0 Å². The van der Waals surface area contributed by atoms with Crippen LogP contribution < -0.4 is 10.2 Å². The largest absolute Gasteiger partial charge is 0.352 e. The first-order chi connectivity index (χ1) is 11.2. The van der Waals surface area contributed by atoms with E-state index in [4.69, 9.17) is 6.42 Å². The van der Waals surface area contributed by atoms with Gasteiger partial charge in [0.2, 0.25) is 0 Å². The second kappa shape index (κ2) is 6.66. The van der Waals surface area contributed by atoms with E-state index in [-0.39, 0.29) is 12.5 Å². The SMILES string of the molecule is C#CCNC(=O)c1nnc(N2CCCC[C@H]2C)c2ccccc12. The molecule has 0 aliphatic carbocycles. The van der Waals surface area contributed by atoms with E-state index in [1.165, 1.54) is 6.42 Å². The average Bonchev–Trinajstić information content (AvgIpc) is 2.59. The second-order valence-electron chi connectivity index (χ2n) is 5.84. The summed E-state index contributed by atoms with van der Waals surface area (Å²) in [6, 6.07) is 8.21. The van der Waals surface area contributed by atoms with Gasteiger partial charge in [0.05, 0.1) is 6.54 Å². The zero-order valence-corrected chi connectivity index (χ0v) is 13.2. The van der Waals surface area contributed by atoms with Crippen LogP contribution in [0.15, 0.2) is 24.3 Å². The van der Waals surface area contributed by atoms with Gasteiger partial charge in [-0.15, -0.1) is 16.6 Å². The van der Waals surface area contributed by atoms with Gasteiger partial charge in [-0.3, -0.25) is 4.79 Å². The van der Waals surface area contributed by atoms with Gasteiger partial charge in [0.15, 0.2) is 11.5 Å². The minimum atomic E-state index is -0.287. The summed E-state index contributed by atoms with van der Waals surface area (Å²) in [4.78, 5) is 14.5. The Bertz CT molecular complexity index is 765. The topological polar surface area (TPSA) is 58.1 Å². The van der Waals surface area contributed by atoms with Crippen molar-refractivity contribution in [1.82, 2.24) is 15.5 Å². The summed E-state index contributed by atoms with van der Waals surface area (Å²) in [5.74, 6) is 2.97. The van der Waals surface area contributed by atoms with E-state index in [2.05, 4.69) is 33.3 Å². The number of nitrogens with zero attached hydrogens (tertiary/aromatic N) is 3. The van der Waals surface area contributed by atoms with Gasteiger partial charge >= 0.3 is 0 Å². The number of amides is 1. The highest BCUT2D eigenvalue weighted by molar-refractivity contribution is 6.07. The number of rotatable bonds is 3. The first kappa shape index (κ1) is 15.3. The first-order valence-corrected chi connectivity index (χ1v) is 7.96. The van der Waals surface area contributed by atoms with Crippen LogP contribution in [0.4, 0.5) is 5.82 Å². The van der Waals surface area contributed by atoms with E-state index in [1.54, 1.807) is 0 Å². The lowest BCUT2D eigenvalue weighted by atomic mass is 10.0. The van der Waals surface area contributed by atoms with Crippen LogP contribution in [0.5, 0.6) is 0 Å². The van der Waals surface area contributed by atoms with Crippen LogP contribution in [-0.2, 0) is 0 Å². The molecule has 0 bridgehead atoms. The Morgan fingerprint density at radius 1 is 1.35 bits per heavy atom. The third-order valence-electron chi connectivity index (χ3n) is 4.31. The molecule has 0 unspecified atom stereocenters. The van der Waals surface area contributed by atoms with Crippen molar-refractivity contribution in [2.75, 3.05) is 18.0 Å². The molecule has 1 N–H and O–H groups in total. The molecule has 0 radical (unpaired) electrons. The molecule has 1 aliphatic heterocycles. The molecule has 1 atom stereocenters. The van der Waals surface area contributed by atoms with Gasteiger partial charge in [-0.2, -0.15) is 0 Å². The number of aromatic nitrogens is 2. The van der Waals surface area contributed by atoms with Crippen LogP contribution in [0.25, 0.3) is 10.8 Å². The number of fused-ring (bicyclic) bond motifs is 1. The summed E-state index contributed by atoms with van der Waals surface area (Å²) >= 11 is 0. The van der Waals surface area contributed by atoms with Crippen molar-refractivity contribution in [3.8, 4) is 12.3 Å². The number of hydrogen-bond donors (Lipinski definition) is 1. The third kappa shape index (κ3) is 2.98.